The van der Waals surface area contributed by atoms with Crippen LogP contribution in [0.15, 0.2) is 18.7 Å². The van der Waals surface area contributed by atoms with Gasteiger partial charge in [0, 0.05) is 20.1 Å². The maximum absolute atomic E-state index is 12.1. The van der Waals surface area contributed by atoms with Crippen molar-refractivity contribution in [2.45, 2.75) is 0 Å². The van der Waals surface area contributed by atoms with Crippen molar-refractivity contribution in [3.05, 3.63) is 34.6 Å². The topological polar surface area (TPSA) is 45.5 Å². The van der Waals surface area contributed by atoms with Crippen molar-refractivity contribution in [1.82, 2.24) is 9.47 Å². The maximum Gasteiger partial charge on any atom is 0.270 e. The van der Waals surface area contributed by atoms with Crippen molar-refractivity contribution < 1.29 is 9.90 Å². The Morgan fingerprint density at radius 1 is 1.65 bits per heavy atom. The summed E-state index contributed by atoms with van der Waals surface area (Å²) < 4.78 is 1.51. The molecular formula is C11H14Cl2N2O2. The average Bonchev–Trinajstić information content (AvgIpc) is 2.56. The van der Waals surface area contributed by atoms with Gasteiger partial charge in [-0.2, -0.15) is 0 Å². The Bertz CT molecular complexity index is 429. The van der Waals surface area contributed by atoms with E-state index >= 15 is 0 Å². The molecule has 0 aliphatic heterocycles. The van der Waals surface area contributed by atoms with E-state index in [1.54, 1.807) is 13.1 Å². The Kier molecular flexibility index (Phi) is 5.05. The molecule has 4 nitrogen and oxygen atoms in total. The van der Waals surface area contributed by atoms with Gasteiger partial charge in [0.1, 0.15) is 10.8 Å². The molecule has 6 heteroatoms. The normalized spacial score (nSPS) is 10.4. The maximum atomic E-state index is 12.1. The molecule has 1 aromatic rings. The van der Waals surface area contributed by atoms with Gasteiger partial charge in [-0.1, -0.05) is 29.3 Å². The van der Waals surface area contributed by atoms with Gasteiger partial charge in [0.15, 0.2) is 0 Å². The highest BCUT2D eigenvalue weighted by Gasteiger charge is 2.20. The molecule has 0 fully saturated rings. The number of carbonyl (C=O) groups excluding carboxylic acids is 1. The van der Waals surface area contributed by atoms with Crippen molar-refractivity contribution in [2.75, 3.05) is 19.7 Å². The molecule has 0 radical (unpaired) electrons. The molecule has 0 saturated carbocycles. The van der Waals surface area contributed by atoms with Crippen LogP contribution in [0, 0.1) is 0 Å². The SMILES string of the molecule is C=CCN(CCO)C(=O)c1cc(Cl)c(Cl)n1C. The molecule has 1 amide bonds. The Balaban J connectivity index is 3.00. The number of aliphatic hydroxyl groups excluding tert-OH is 1. The first-order valence-electron chi connectivity index (χ1n) is 5.04. The van der Waals surface area contributed by atoms with E-state index in [-0.39, 0.29) is 19.1 Å². The van der Waals surface area contributed by atoms with E-state index in [9.17, 15) is 4.79 Å². The van der Waals surface area contributed by atoms with Gasteiger partial charge >= 0.3 is 0 Å². The molecule has 1 rings (SSSR count). The van der Waals surface area contributed by atoms with E-state index in [1.807, 2.05) is 0 Å². The zero-order valence-electron chi connectivity index (χ0n) is 9.49. The summed E-state index contributed by atoms with van der Waals surface area (Å²) in [7, 11) is 1.66. The number of carbonyl (C=O) groups is 1. The van der Waals surface area contributed by atoms with Crippen LogP contribution in [0.5, 0.6) is 0 Å². The molecule has 0 aromatic carbocycles. The number of aromatic nitrogens is 1. The van der Waals surface area contributed by atoms with Crippen LogP contribution in [0.2, 0.25) is 10.2 Å². The van der Waals surface area contributed by atoms with E-state index in [0.717, 1.165) is 0 Å². The van der Waals surface area contributed by atoms with Crippen molar-refractivity contribution >= 4 is 29.1 Å². The number of amides is 1. The lowest BCUT2D eigenvalue weighted by molar-refractivity contribution is 0.0733. The lowest BCUT2D eigenvalue weighted by Crippen LogP contribution is -2.34. The molecule has 0 atom stereocenters. The molecular weight excluding hydrogens is 263 g/mol. The van der Waals surface area contributed by atoms with E-state index in [2.05, 4.69) is 6.58 Å². The number of rotatable bonds is 5. The van der Waals surface area contributed by atoms with E-state index in [4.69, 9.17) is 28.3 Å². The Morgan fingerprint density at radius 3 is 2.71 bits per heavy atom. The highest BCUT2D eigenvalue weighted by atomic mass is 35.5. The minimum absolute atomic E-state index is 0.106. The zero-order valence-corrected chi connectivity index (χ0v) is 11.0. The lowest BCUT2D eigenvalue weighted by Gasteiger charge is -2.20. The largest absolute Gasteiger partial charge is 0.395 e. The summed E-state index contributed by atoms with van der Waals surface area (Å²) in [5.41, 5.74) is 0.385. The summed E-state index contributed by atoms with van der Waals surface area (Å²) in [6.45, 7) is 4.07. The molecule has 0 aliphatic carbocycles. The van der Waals surface area contributed by atoms with Crippen LogP contribution >= 0.6 is 23.2 Å². The van der Waals surface area contributed by atoms with Gasteiger partial charge in [-0.25, -0.2) is 0 Å². The molecule has 0 unspecified atom stereocenters. The fraction of sp³-hybridized carbons (Fsp3) is 0.364. The summed E-state index contributed by atoms with van der Waals surface area (Å²) in [5, 5.41) is 9.55. The molecule has 1 heterocycles. The second kappa shape index (κ2) is 6.10. The number of halogens is 2. The van der Waals surface area contributed by atoms with Crippen LogP contribution in [-0.2, 0) is 7.05 Å². The predicted octanol–water partition coefficient (Wildman–Crippen LogP) is 1.95. The van der Waals surface area contributed by atoms with Crippen molar-refractivity contribution in [1.29, 1.82) is 0 Å². The summed E-state index contributed by atoms with van der Waals surface area (Å²) in [4.78, 5) is 13.6. The van der Waals surface area contributed by atoms with Gasteiger partial charge in [0.25, 0.3) is 5.91 Å². The molecule has 1 N–H and O–H groups in total. The third-order valence-electron chi connectivity index (χ3n) is 2.34. The number of hydrogen-bond acceptors (Lipinski definition) is 2. The van der Waals surface area contributed by atoms with Crippen molar-refractivity contribution in [2.24, 2.45) is 7.05 Å². The molecule has 0 bridgehead atoms. The monoisotopic (exact) mass is 276 g/mol. The molecule has 94 valence electrons. The second-order valence-corrected chi connectivity index (χ2v) is 4.26. The van der Waals surface area contributed by atoms with Gasteiger partial charge in [-0.3, -0.25) is 4.79 Å². The average molecular weight is 277 g/mol. The van der Waals surface area contributed by atoms with E-state index in [1.165, 1.54) is 15.5 Å². The van der Waals surface area contributed by atoms with E-state index < -0.39 is 0 Å². The highest BCUT2D eigenvalue weighted by Crippen LogP contribution is 2.25. The molecule has 1 aromatic heterocycles. The van der Waals surface area contributed by atoms with Crippen molar-refractivity contribution in [3.8, 4) is 0 Å². The summed E-state index contributed by atoms with van der Waals surface area (Å²) >= 11 is 11.7. The summed E-state index contributed by atoms with van der Waals surface area (Å²) in [6.07, 6.45) is 1.60. The predicted molar refractivity (Wildman–Crippen MR) is 68.6 cm³/mol. The van der Waals surface area contributed by atoms with Gasteiger partial charge in [-0.15, -0.1) is 6.58 Å². The van der Waals surface area contributed by atoms with Crippen molar-refractivity contribution in [3.63, 3.8) is 0 Å². The number of nitrogens with zero attached hydrogens (tertiary/aromatic N) is 2. The lowest BCUT2D eigenvalue weighted by atomic mass is 10.3. The highest BCUT2D eigenvalue weighted by molar-refractivity contribution is 6.41. The van der Waals surface area contributed by atoms with Crippen LogP contribution in [-0.4, -0.2) is 40.2 Å². The van der Waals surface area contributed by atoms with E-state index in [0.29, 0.717) is 22.4 Å². The minimum atomic E-state index is -0.241. The fourth-order valence-corrected chi connectivity index (χ4v) is 1.84. The molecule has 0 saturated heterocycles. The standard InChI is InChI=1S/C11H14Cl2N2O2/c1-3-4-15(5-6-16)11(17)9-7-8(12)10(13)14(9)2/h3,7,16H,1,4-6H2,2H3. The number of aliphatic hydroxyl groups is 1. The van der Waals surface area contributed by atoms with Gasteiger partial charge in [0.05, 0.1) is 11.6 Å². The Labute approximate surface area is 110 Å². The molecule has 17 heavy (non-hydrogen) atoms. The fourth-order valence-electron chi connectivity index (χ4n) is 1.46. The van der Waals surface area contributed by atoms with Crippen LogP contribution in [0.3, 0.4) is 0 Å². The minimum Gasteiger partial charge on any atom is -0.395 e. The molecule has 0 spiro atoms. The van der Waals surface area contributed by atoms with Gasteiger partial charge in [-0.05, 0) is 6.07 Å². The quantitative estimate of drug-likeness (QED) is 0.836. The van der Waals surface area contributed by atoms with Crippen LogP contribution in [0.4, 0.5) is 0 Å². The zero-order chi connectivity index (χ0) is 13.0. The summed E-state index contributed by atoms with van der Waals surface area (Å²) in [5.74, 6) is -0.241. The Hall–Kier alpha value is -0.970. The summed E-state index contributed by atoms with van der Waals surface area (Å²) in [6, 6.07) is 1.51. The second-order valence-electron chi connectivity index (χ2n) is 3.49. The first kappa shape index (κ1) is 14.1. The number of hydrogen-bond donors (Lipinski definition) is 1. The van der Waals surface area contributed by atoms with Crippen LogP contribution in [0.25, 0.3) is 0 Å². The Morgan fingerprint density at radius 2 is 2.29 bits per heavy atom. The smallest absolute Gasteiger partial charge is 0.270 e. The van der Waals surface area contributed by atoms with Gasteiger partial charge < -0.3 is 14.6 Å². The van der Waals surface area contributed by atoms with Crippen LogP contribution in [0.1, 0.15) is 10.5 Å². The molecule has 0 aliphatic rings. The third-order valence-corrected chi connectivity index (χ3v) is 3.18. The first-order chi connectivity index (χ1) is 8.02. The van der Waals surface area contributed by atoms with Gasteiger partial charge in [0.2, 0.25) is 0 Å². The van der Waals surface area contributed by atoms with Crippen LogP contribution < -0.4 is 0 Å². The first-order valence-corrected chi connectivity index (χ1v) is 5.80. The third kappa shape index (κ3) is 3.03.